The van der Waals surface area contributed by atoms with Gasteiger partial charge in [-0.15, -0.1) is 0 Å². The molecule has 1 aromatic rings. The molecule has 5 rings (SSSR count). The maximum Gasteiger partial charge on any atom is 0.0208 e. The Bertz CT molecular complexity index is 437. The van der Waals surface area contributed by atoms with Gasteiger partial charge in [0.25, 0.3) is 0 Å². The molecule has 0 atom stereocenters. The van der Waals surface area contributed by atoms with E-state index in [2.05, 4.69) is 29.6 Å². The maximum atomic E-state index is 5.65. The molecule has 4 aliphatic carbocycles. The van der Waals surface area contributed by atoms with E-state index in [4.69, 9.17) is 5.73 Å². The third kappa shape index (κ3) is 2.29. The van der Waals surface area contributed by atoms with Crippen LogP contribution < -0.4 is 11.1 Å². The number of rotatable bonds is 4. The average molecular weight is 270 g/mol. The Morgan fingerprint density at radius 2 is 1.40 bits per heavy atom. The SMILES string of the molecule is NCc1ccc(CNC2C3CC4CC(C3)CC2C4)cc1. The molecular weight excluding hydrogens is 244 g/mol. The number of nitrogens with one attached hydrogen (secondary N) is 1. The third-order valence-corrected chi connectivity index (χ3v) is 6.03. The highest BCUT2D eigenvalue weighted by Crippen LogP contribution is 2.53. The molecule has 0 saturated heterocycles. The number of hydrogen-bond acceptors (Lipinski definition) is 2. The van der Waals surface area contributed by atoms with E-state index in [1.165, 1.54) is 36.8 Å². The number of benzene rings is 1. The van der Waals surface area contributed by atoms with E-state index in [9.17, 15) is 0 Å². The van der Waals surface area contributed by atoms with Crippen LogP contribution in [0.5, 0.6) is 0 Å². The first-order valence-corrected chi connectivity index (χ1v) is 8.33. The van der Waals surface area contributed by atoms with Crippen LogP contribution in [0.2, 0.25) is 0 Å². The zero-order valence-electron chi connectivity index (χ0n) is 12.2. The Kier molecular flexibility index (Phi) is 3.31. The van der Waals surface area contributed by atoms with Gasteiger partial charge in [0, 0.05) is 19.1 Å². The summed E-state index contributed by atoms with van der Waals surface area (Å²) in [5, 5.41) is 3.89. The van der Waals surface area contributed by atoms with Crippen molar-refractivity contribution < 1.29 is 0 Å². The van der Waals surface area contributed by atoms with Crippen LogP contribution in [0.15, 0.2) is 24.3 Å². The Labute approximate surface area is 122 Å². The summed E-state index contributed by atoms with van der Waals surface area (Å²) in [5.74, 6) is 4.07. The summed E-state index contributed by atoms with van der Waals surface area (Å²) in [4.78, 5) is 0. The lowest BCUT2D eigenvalue weighted by molar-refractivity contribution is -0.0142. The molecule has 108 valence electrons. The van der Waals surface area contributed by atoms with E-state index in [-0.39, 0.29) is 0 Å². The zero-order valence-corrected chi connectivity index (χ0v) is 12.2. The molecule has 0 amide bonds. The van der Waals surface area contributed by atoms with Crippen molar-refractivity contribution >= 4 is 0 Å². The monoisotopic (exact) mass is 270 g/mol. The summed E-state index contributed by atoms with van der Waals surface area (Å²) in [5.41, 5.74) is 8.28. The third-order valence-electron chi connectivity index (χ3n) is 6.03. The second-order valence-electron chi connectivity index (χ2n) is 7.36. The number of hydrogen-bond donors (Lipinski definition) is 2. The summed E-state index contributed by atoms with van der Waals surface area (Å²) >= 11 is 0. The Balaban J connectivity index is 1.39. The highest BCUT2D eigenvalue weighted by molar-refractivity contribution is 5.22. The largest absolute Gasteiger partial charge is 0.326 e. The fourth-order valence-electron chi connectivity index (χ4n) is 5.29. The van der Waals surface area contributed by atoms with Gasteiger partial charge >= 0.3 is 0 Å². The molecule has 4 fully saturated rings. The van der Waals surface area contributed by atoms with Crippen LogP contribution in [-0.4, -0.2) is 6.04 Å². The van der Waals surface area contributed by atoms with Gasteiger partial charge in [-0.1, -0.05) is 24.3 Å². The fourth-order valence-corrected chi connectivity index (χ4v) is 5.29. The molecule has 3 N–H and O–H groups in total. The molecule has 4 bridgehead atoms. The van der Waals surface area contributed by atoms with Crippen LogP contribution in [0.25, 0.3) is 0 Å². The second kappa shape index (κ2) is 5.16. The first-order chi connectivity index (χ1) is 9.81. The summed E-state index contributed by atoms with van der Waals surface area (Å²) < 4.78 is 0. The molecule has 4 aliphatic rings. The van der Waals surface area contributed by atoms with Crippen LogP contribution in [0.3, 0.4) is 0 Å². The normalized spacial score (nSPS) is 38.4. The Hall–Kier alpha value is -0.860. The second-order valence-corrected chi connectivity index (χ2v) is 7.36. The van der Waals surface area contributed by atoms with Crippen molar-refractivity contribution in [1.82, 2.24) is 5.32 Å². The molecule has 1 aromatic carbocycles. The van der Waals surface area contributed by atoms with Crippen molar-refractivity contribution in [2.45, 2.75) is 51.2 Å². The average Bonchev–Trinajstić information content (AvgIpc) is 2.46. The van der Waals surface area contributed by atoms with Crippen molar-refractivity contribution in [2.75, 3.05) is 0 Å². The van der Waals surface area contributed by atoms with Crippen molar-refractivity contribution in [2.24, 2.45) is 29.4 Å². The van der Waals surface area contributed by atoms with Gasteiger partial charge in [0.05, 0.1) is 0 Å². The quantitative estimate of drug-likeness (QED) is 0.882. The van der Waals surface area contributed by atoms with Crippen molar-refractivity contribution in [3.8, 4) is 0 Å². The molecule has 0 aliphatic heterocycles. The summed E-state index contributed by atoms with van der Waals surface area (Å²) in [7, 11) is 0. The van der Waals surface area contributed by atoms with E-state index in [0.29, 0.717) is 6.54 Å². The van der Waals surface area contributed by atoms with Gasteiger partial charge < -0.3 is 11.1 Å². The molecule has 4 saturated carbocycles. The topological polar surface area (TPSA) is 38.0 Å². The van der Waals surface area contributed by atoms with Crippen LogP contribution in [0.1, 0.15) is 43.2 Å². The van der Waals surface area contributed by atoms with Crippen molar-refractivity contribution in [3.05, 3.63) is 35.4 Å². The molecule has 2 nitrogen and oxygen atoms in total. The van der Waals surface area contributed by atoms with Crippen LogP contribution in [0.4, 0.5) is 0 Å². The maximum absolute atomic E-state index is 5.65. The van der Waals surface area contributed by atoms with Gasteiger partial charge in [-0.2, -0.15) is 0 Å². The number of nitrogens with two attached hydrogens (primary N) is 1. The summed E-state index contributed by atoms with van der Waals surface area (Å²) in [6.45, 7) is 1.67. The molecule has 0 spiro atoms. The minimum atomic E-state index is 0.642. The van der Waals surface area contributed by atoms with Gasteiger partial charge in [0.15, 0.2) is 0 Å². The predicted octanol–water partition coefficient (Wildman–Crippen LogP) is 3.06. The minimum absolute atomic E-state index is 0.642. The Morgan fingerprint density at radius 3 is 1.95 bits per heavy atom. The van der Waals surface area contributed by atoms with E-state index < -0.39 is 0 Å². The summed E-state index contributed by atoms with van der Waals surface area (Å²) in [6, 6.07) is 9.57. The highest BCUT2D eigenvalue weighted by atomic mass is 14.9. The molecular formula is C18H26N2. The van der Waals surface area contributed by atoms with Gasteiger partial charge in [-0.3, -0.25) is 0 Å². The molecule has 20 heavy (non-hydrogen) atoms. The molecule has 2 heteroatoms. The van der Waals surface area contributed by atoms with Crippen LogP contribution >= 0.6 is 0 Å². The minimum Gasteiger partial charge on any atom is -0.326 e. The molecule has 0 aromatic heterocycles. The molecule has 0 unspecified atom stereocenters. The predicted molar refractivity (Wildman–Crippen MR) is 82.0 cm³/mol. The smallest absolute Gasteiger partial charge is 0.0208 e. The zero-order chi connectivity index (χ0) is 13.5. The van der Waals surface area contributed by atoms with Crippen LogP contribution in [-0.2, 0) is 13.1 Å². The lowest BCUT2D eigenvalue weighted by Gasteiger charge is -2.54. The van der Waals surface area contributed by atoms with E-state index in [0.717, 1.165) is 36.3 Å². The summed E-state index contributed by atoms with van der Waals surface area (Å²) in [6.07, 6.45) is 7.53. The lowest BCUT2D eigenvalue weighted by Crippen LogP contribution is -2.54. The van der Waals surface area contributed by atoms with Gasteiger partial charge in [0.2, 0.25) is 0 Å². The van der Waals surface area contributed by atoms with Crippen molar-refractivity contribution in [3.63, 3.8) is 0 Å². The van der Waals surface area contributed by atoms with E-state index in [1.807, 2.05) is 0 Å². The first kappa shape index (κ1) is 12.8. The van der Waals surface area contributed by atoms with E-state index in [1.54, 1.807) is 6.42 Å². The lowest BCUT2D eigenvalue weighted by atomic mass is 9.54. The van der Waals surface area contributed by atoms with Gasteiger partial charge in [0.1, 0.15) is 0 Å². The van der Waals surface area contributed by atoms with Gasteiger partial charge in [-0.05, 0) is 66.9 Å². The Morgan fingerprint density at radius 1 is 0.850 bits per heavy atom. The first-order valence-electron chi connectivity index (χ1n) is 8.33. The fraction of sp³-hybridized carbons (Fsp3) is 0.667. The van der Waals surface area contributed by atoms with Crippen LogP contribution in [0, 0.1) is 23.7 Å². The van der Waals surface area contributed by atoms with Crippen molar-refractivity contribution in [1.29, 1.82) is 0 Å². The van der Waals surface area contributed by atoms with E-state index >= 15 is 0 Å². The van der Waals surface area contributed by atoms with Gasteiger partial charge in [-0.25, -0.2) is 0 Å². The standard InChI is InChI=1S/C18H26N2/c19-10-12-1-3-13(4-2-12)11-20-18-16-6-14-5-15(8-16)9-17(18)7-14/h1-4,14-18,20H,5-11,19H2. The highest BCUT2D eigenvalue weighted by Gasteiger charge is 2.47. The molecule has 0 radical (unpaired) electrons. The molecule has 0 heterocycles.